The topological polar surface area (TPSA) is 79.8 Å². The Labute approximate surface area is 137 Å². The summed E-state index contributed by atoms with van der Waals surface area (Å²) in [5.41, 5.74) is 5.61. The molecular weight excluding hydrogens is 306 g/mol. The van der Waals surface area contributed by atoms with E-state index >= 15 is 0 Å². The van der Waals surface area contributed by atoms with Crippen molar-refractivity contribution in [3.8, 4) is 0 Å². The Morgan fingerprint density at radius 2 is 1.73 bits per heavy atom. The number of carbonyl (C=O) groups is 2. The molecule has 1 fully saturated rings. The monoisotopic (exact) mass is 329 g/mol. The minimum absolute atomic E-state index is 0. The molecule has 1 saturated heterocycles. The van der Waals surface area contributed by atoms with E-state index in [2.05, 4.69) is 0 Å². The molecule has 1 aromatic heterocycles. The van der Waals surface area contributed by atoms with Crippen molar-refractivity contribution in [2.24, 2.45) is 11.1 Å². The van der Waals surface area contributed by atoms with Crippen molar-refractivity contribution in [3.05, 3.63) is 23.7 Å². The van der Waals surface area contributed by atoms with Crippen LogP contribution in [0.2, 0.25) is 0 Å². The molecule has 0 saturated carbocycles. The SMILES string of the molecule is CC(C)(C)C(=O)N1CCN(C(=O)c2coc(CN)c2)CC1.Cl. The van der Waals surface area contributed by atoms with Crippen LogP contribution >= 0.6 is 12.4 Å². The number of hydrogen-bond acceptors (Lipinski definition) is 4. The smallest absolute Gasteiger partial charge is 0.257 e. The van der Waals surface area contributed by atoms with E-state index in [1.807, 2.05) is 25.7 Å². The molecular formula is C15H24ClN3O3. The molecule has 22 heavy (non-hydrogen) atoms. The zero-order chi connectivity index (χ0) is 15.6. The van der Waals surface area contributed by atoms with E-state index in [0.717, 1.165) is 0 Å². The third-order valence-corrected chi connectivity index (χ3v) is 3.60. The van der Waals surface area contributed by atoms with Crippen LogP contribution in [0, 0.1) is 5.41 Å². The van der Waals surface area contributed by atoms with Crippen molar-refractivity contribution >= 4 is 24.2 Å². The molecule has 7 heteroatoms. The molecule has 0 spiro atoms. The Morgan fingerprint density at radius 3 is 2.18 bits per heavy atom. The lowest BCUT2D eigenvalue weighted by Crippen LogP contribution is -2.53. The molecule has 1 aliphatic rings. The van der Waals surface area contributed by atoms with E-state index in [4.69, 9.17) is 10.2 Å². The van der Waals surface area contributed by atoms with E-state index in [1.54, 1.807) is 11.0 Å². The normalized spacial score (nSPS) is 15.5. The van der Waals surface area contributed by atoms with Crippen LogP contribution in [-0.4, -0.2) is 47.8 Å². The van der Waals surface area contributed by atoms with E-state index < -0.39 is 0 Å². The van der Waals surface area contributed by atoms with Crippen molar-refractivity contribution < 1.29 is 14.0 Å². The molecule has 2 heterocycles. The molecule has 0 radical (unpaired) electrons. The van der Waals surface area contributed by atoms with Crippen LogP contribution in [0.3, 0.4) is 0 Å². The summed E-state index contributed by atoms with van der Waals surface area (Å²) in [7, 11) is 0. The summed E-state index contributed by atoms with van der Waals surface area (Å²) < 4.78 is 5.19. The van der Waals surface area contributed by atoms with Gasteiger partial charge in [0, 0.05) is 31.6 Å². The van der Waals surface area contributed by atoms with E-state index in [9.17, 15) is 9.59 Å². The van der Waals surface area contributed by atoms with Crippen LogP contribution < -0.4 is 5.73 Å². The summed E-state index contributed by atoms with van der Waals surface area (Å²) in [5.74, 6) is 0.657. The maximum Gasteiger partial charge on any atom is 0.257 e. The van der Waals surface area contributed by atoms with Gasteiger partial charge in [-0.2, -0.15) is 0 Å². The first-order chi connectivity index (χ1) is 9.82. The van der Waals surface area contributed by atoms with Gasteiger partial charge in [0.25, 0.3) is 5.91 Å². The van der Waals surface area contributed by atoms with Gasteiger partial charge in [-0.25, -0.2) is 0 Å². The molecule has 0 unspecified atom stereocenters. The summed E-state index contributed by atoms with van der Waals surface area (Å²) in [6.07, 6.45) is 1.44. The minimum atomic E-state index is -0.382. The number of piperazine rings is 1. The quantitative estimate of drug-likeness (QED) is 0.891. The predicted molar refractivity (Wildman–Crippen MR) is 85.8 cm³/mol. The molecule has 1 aromatic rings. The fourth-order valence-corrected chi connectivity index (χ4v) is 2.37. The number of furan rings is 1. The summed E-state index contributed by atoms with van der Waals surface area (Å²) in [5, 5.41) is 0. The second-order valence-corrected chi connectivity index (χ2v) is 6.34. The van der Waals surface area contributed by atoms with Crippen LogP contribution in [0.25, 0.3) is 0 Å². The second kappa shape index (κ2) is 7.15. The summed E-state index contributed by atoms with van der Waals surface area (Å²) in [6.45, 7) is 8.24. The second-order valence-electron chi connectivity index (χ2n) is 6.34. The van der Waals surface area contributed by atoms with Crippen LogP contribution in [0.5, 0.6) is 0 Å². The zero-order valence-electron chi connectivity index (χ0n) is 13.3. The Balaban J connectivity index is 0.00000242. The van der Waals surface area contributed by atoms with Gasteiger partial charge in [0.15, 0.2) is 0 Å². The molecule has 6 nitrogen and oxygen atoms in total. The van der Waals surface area contributed by atoms with Gasteiger partial charge in [-0.1, -0.05) is 20.8 Å². The third-order valence-electron chi connectivity index (χ3n) is 3.60. The Hall–Kier alpha value is -1.53. The van der Waals surface area contributed by atoms with Crippen LogP contribution in [0.4, 0.5) is 0 Å². The number of halogens is 1. The number of hydrogen-bond donors (Lipinski definition) is 1. The van der Waals surface area contributed by atoms with Gasteiger partial charge in [0.1, 0.15) is 12.0 Å². The van der Waals surface area contributed by atoms with Crippen LogP contribution in [-0.2, 0) is 11.3 Å². The van der Waals surface area contributed by atoms with Gasteiger partial charge >= 0.3 is 0 Å². The van der Waals surface area contributed by atoms with Gasteiger partial charge in [0.2, 0.25) is 5.91 Å². The predicted octanol–water partition coefficient (Wildman–Crippen LogP) is 1.49. The number of carbonyl (C=O) groups excluding carboxylic acids is 2. The fourth-order valence-electron chi connectivity index (χ4n) is 2.37. The van der Waals surface area contributed by atoms with Crippen LogP contribution in [0.1, 0.15) is 36.9 Å². The number of rotatable bonds is 2. The standard InChI is InChI=1S/C15H23N3O3.ClH/c1-15(2,3)14(20)18-6-4-17(5-7-18)13(19)11-8-12(9-16)21-10-11;/h8,10H,4-7,9,16H2,1-3H3;1H. The molecule has 0 aromatic carbocycles. The largest absolute Gasteiger partial charge is 0.467 e. The van der Waals surface area contributed by atoms with Gasteiger partial charge < -0.3 is 20.0 Å². The van der Waals surface area contributed by atoms with Gasteiger partial charge in [-0.15, -0.1) is 12.4 Å². The molecule has 124 valence electrons. The zero-order valence-corrected chi connectivity index (χ0v) is 14.1. The lowest BCUT2D eigenvalue weighted by Gasteiger charge is -2.37. The van der Waals surface area contributed by atoms with E-state index in [0.29, 0.717) is 37.5 Å². The minimum Gasteiger partial charge on any atom is -0.467 e. The lowest BCUT2D eigenvalue weighted by atomic mass is 9.94. The highest BCUT2D eigenvalue weighted by Gasteiger charge is 2.31. The summed E-state index contributed by atoms with van der Waals surface area (Å²) >= 11 is 0. The van der Waals surface area contributed by atoms with Crippen molar-refractivity contribution in [2.75, 3.05) is 26.2 Å². The molecule has 0 atom stereocenters. The van der Waals surface area contributed by atoms with Crippen molar-refractivity contribution in [1.29, 1.82) is 0 Å². The molecule has 1 aliphatic heterocycles. The summed E-state index contributed by atoms with van der Waals surface area (Å²) in [4.78, 5) is 28.1. The average molecular weight is 330 g/mol. The molecule has 2 N–H and O–H groups in total. The molecule has 2 rings (SSSR count). The maximum atomic E-state index is 12.3. The fraction of sp³-hybridized carbons (Fsp3) is 0.600. The van der Waals surface area contributed by atoms with Crippen molar-refractivity contribution in [3.63, 3.8) is 0 Å². The number of nitrogens with zero attached hydrogens (tertiary/aromatic N) is 2. The average Bonchev–Trinajstić information content (AvgIpc) is 2.94. The highest BCUT2D eigenvalue weighted by Crippen LogP contribution is 2.19. The highest BCUT2D eigenvalue weighted by atomic mass is 35.5. The molecule has 0 bridgehead atoms. The van der Waals surface area contributed by atoms with Crippen molar-refractivity contribution in [2.45, 2.75) is 27.3 Å². The van der Waals surface area contributed by atoms with Gasteiger partial charge in [-0.05, 0) is 6.07 Å². The molecule has 2 amide bonds. The van der Waals surface area contributed by atoms with Crippen molar-refractivity contribution in [1.82, 2.24) is 9.80 Å². The van der Waals surface area contributed by atoms with Gasteiger partial charge in [0.05, 0.1) is 12.1 Å². The lowest BCUT2D eigenvalue weighted by molar-refractivity contribution is -0.140. The highest BCUT2D eigenvalue weighted by molar-refractivity contribution is 5.94. The molecule has 0 aliphatic carbocycles. The third kappa shape index (κ3) is 4.01. The van der Waals surface area contributed by atoms with Gasteiger partial charge in [-0.3, -0.25) is 9.59 Å². The van der Waals surface area contributed by atoms with E-state index in [1.165, 1.54) is 6.26 Å². The maximum absolute atomic E-state index is 12.3. The first-order valence-corrected chi connectivity index (χ1v) is 7.19. The Bertz CT molecular complexity index is 528. The Kier molecular flexibility index (Phi) is 6.02. The first-order valence-electron chi connectivity index (χ1n) is 7.19. The van der Waals surface area contributed by atoms with Crippen LogP contribution in [0.15, 0.2) is 16.7 Å². The Morgan fingerprint density at radius 1 is 1.18 bits per heavy atom. The number of nitrogens with two attached hydrogens (primary N) is 1. The van der Waals surface area contributed by atoms with E-state index in [-0.39, 0.29) is 36.2 Å². The first kappa shape index (κ1) is 18.5. The summed E-state index contributed by atoms with van der Waals surface area (Å²) in [6, 6.07) is 1.68. The number of amides is 2.